The maximum Gasteiger partial charge on any atom is 0.248 e. The third-order valence-corrected chi connectivity index (χ3v) is 9.50. The van der Waals surface area contributed by atoms with Crippen molar-refractivity contribution in [2.75, 3.05) is 26.2 Å². The zero-order valence-electron chi connectivity index (χ0n) is 25.7. The molecule has 2 unspecified atom stereocenters. The van der Waals surface area contributed by atoms with E-state index in [0.717, 1.165) is 24.0 Å². The van der Waals surface area contributed by atoms with E-state index in [4.69, 9.17) is 4.74 Å². The molecule has 3 aliphatic heterocycles. The van der Waals surface area contributed by atoms with Crippen molar-refractivity contribution in [3.05, 3.63) is 97.1 Å². The highest BCUT2D eigenvalue weighted by molar-refractivity contribution is 5.99. The summed E-state index contributed by atoms with van der Waals surface area (Å²) in [5, 5.41) is 10.7. The van der Waals surface area contributed by atoms with Crippen LogP contribution < -0.4 is 0 Å². The summed E-state index contributed by atoms with van der Waals surface area (Å²) in [4.78, 5) is 48.7. The smallest absolute Gasteiger partial charge is 0.248 e. The van der Waals surface area contributed by atoms with E-state index < -0.39 is 35.6 Å². The van der Waals surface area contributed by atoms with Crippen LogP contribution >= 0.6 is 0 Å². The number of rotatable bonds is 15. The first-order valence-electron chi connectivity index (χ1n) is 15.9. The summed E-state index contributed by atoms with van der Waals surface area (Å²) in [5.74, 6) is -2.19. The molecule has 1 spiro atoms. The summed E-state index contributed by atoms with van der Waals surface area (Å²) in [6, 6.07) is 17.8. The maximum atomic E-state index is 14.7. The molecule has 8 nitrogen and oxygen atoms in total. The summed E-state index contributed by atoms with van der Waals surface area (Å²) in [7, 11) is 0. The molecule has 3 aliphatic rings. The first kappa shape index (κ1) is 31.7. The molecule has 2 aromatic carbocycles. The molecule has 44 heavy (non-hydrogen) atoms. The van der Waals surface area contributed by atoms with Crippen molar-refractivity contribution in [3.8, 4) is 0 Å². The topological polar surface area (TPSA) is 90.4 Å². The number of benzene rings is 2. The van der Waals surface area contributed by atoms with E-state index in [1.165, 1.54) is 0 Å². The van der Waals surface area contributed by atoms with Crippen LogP contribution in [0.5, 0.6) is 0 Å². The Balaban J connectivity index is 1.54. The highest BCUT2D eigenvalue weighted by Gasteiger charge is 2.75. The van der Waals surface area contributed by atoms with Crippen LogP contribution in [0.2, 0.25) is 0 Å². The highest BCUT2D eigenvalue weighted by Crippen LogP contribution is 2.59. The zero-order valence-corrected chi connectivity index (χ0v) is 25.7. The van der Waals surface area contributed by atoms with Crippen LogP contribution in [-0.4, -0.2) is 87.6 Å². The Morgan fingerprint density at radius 2 is 1.66 bits per heavy atom. The summed E-state index contributed by atoms with van der Waals surface area (Å²) >= 11 is 0. The second kappa shape index (κ2) is 13.9. The van der Waals surface area contributed by atoms with Crippen LogP contribution in [0.25, 0.3) is 0 Å². The van der Waals surface area contributed by atoms with Crippen molar-refractivity contribution in [2.45, 2.75) is 69.4 Å². The van der Waals surface area contributed by atoms with E-state index in [9.17, 15) is 19.5 Å². The van der Waals surface area contributed by atoms with Crippen molar-refractivity contribution in [1.29, 1.82) is 0 Å². The van der Waals surface area contributed by atoms with Crippen molar-refractivity contribution >= 4 is 17.7 Å². The Kier molecular flexibility index (Phi) is 10.0. The number of unbranched alkanes of at least 4 members (excludes halogenated alkanes) is 1. The molecule has 3 amide bonds. The Morgan fingerprint density at radius 3 is 2.27 bits per heavy atom. The van der Waals surface area contributed by atoms with Crippen LogP contribution in [0.4, 0.5) is 0 Å². The molecule has 3 fully saturated rings. The molecule has 2 aromatic rings. The molecule has 2 bridgehead atoms. The number of amides is 3. The van der Waals surface area contributed by atoms with Gasteiger partial charge in [-0.25, -0.2) is 0 Å². The second-order valence-electron chi connectivity index (χ2n) is 12.2. The fourth-order valence-electron chi connectivity index (χ4n) is 7.55. The predicted octanol–water partition coefficient (Wildman–Crippen LogP) is 3.99. The average Bonchev–Trinajstić information content (AvgIpc) is 3.69. The zero-order chi connectivity index (χ0) is 31.3. The van der Waals surface area contributed by atoms with E-state index in [-0.39, 0.29) is 24.3 Å². The molecular weight excluding hydrogens is 554 g/mol. The number of aliphatic hydroxyl groups excluding tert-OH is 1. The molecule has 3 heterocycles. The van der Waals surface area contributed by atoms with Crippen molar-refractivity contribution in [2.24, 2.45) is 11.8 Å². The van der Waals surface area contributed by atoms with Gasteiger partial charge >= 0.3 is 0 Å². The van der Waals surface area contributed by atoms with Crippen LogP contribution in [0, 0.1) is 11.8 Å². The Hall–Kier alpha value is -3.75. The molecular formula is C36H45N3O5. The molecule has 5 rings (SSSR count). The summed E-state index contributed by atoms with van der Waals surface area (Å²) in [6.07, 6.45) is 6.13. The number of carbonyl (C=O) groups is 3. The van der Waals surface area contributed by atoms with Crippen LogP contribution in [0.15, 0.2) is 86.0 Å². The standard InChI is InChI=1S/C36H45N3O5/c1-4-7-22-37(20-5-2)35(43)32-36-19-18-29(44-36)30(33(41)38(21-6-3)24-27-16-12-9-13-17-27)31(36)34(42)39(32)28(25-40)23-26-14-10-8-11-15-26/h5-6,8-17,28-32,40H,2-4,7,18-25H2,1H3/t28-,29-,30+,31+,32?,36?/m1/s1. The van der Waals surface area contributed by atoms with E-state index in [1.54, 1.807) is 26.9 Å². The minimum Gasteiger partial charge on any atom is -0.394 e. The Bertz CT molecular complexity index is 1330. The number of fused-ring (bicyclic) bond motifs is 1. The molecule has 0 aliphatic carbocycles. The normalized spacial score (nSPS) is 25.9. The minimum atomic E-state index is -1.14. The van der Waals surface area contributed by atoms with Gasteiger partial charge in [-0.1, -0.05) is 86.2 Å². The number of ether oxygens (including phenoxy) is 1. The van der Waals surface area contributed by atoms with Gasteiger partial charge < -0.3 is 24.5 Å². The molecule has 6 atom stereocenters. The van der Waals surface area contributed by atoms with Gasteiger partial charge in [0.05, 0.1) is 30.6 Å². The third kappa shape index (κ3) is 5.85. The summed E-state index contributed by atoms with van der Waals surface area (Å²) in [6.45, 7) is 11.1. The number of aliphatic hydroxyl groups is 1. The van der Waals surface area contributed by atoms with E-state index in [0.29, 0.717) is 45.4 Å². The number of hydrogen-bond acceptors (Lipinski definition) is 5. The number of nitrogens with zero attached hydrogens (tertiary/aromatic N) is 3. The van der Waals surface area contributed by atoms with Gasteiger partial charge in [0, 0.05) is 26.2 Å². The average molecular weight is 600 g/mol. The fraction of sp³-hybridized carbons (Fsp3) is 0.472. The van der Waals surface area contributed by atoms with E-state index in [1.807, 2.05) is 60.7 Å². The lowest BCUT2D eigenvalue weighted by Gasteiger charge is -2.39. The molecule has 1 N–H and O–H groups in total. The third-order valence-electron chi connectivity index (χ3n) is 9.50. The quantitative estimate of drug-likeness (QED) is 0.313. The van der Waals surface area contributed by atoms with Crippen LogP contribution in [0.1, 0.15) is 43.7 Å². The molecule has 234 valence electrons. The van der Waals surface area contributed by atoms with Gasteiger partial charge in [0.25, 0.3) is 0 Å². The second-order valence-corrected chi connectivity index (χ2v) is 12.2. The largest absolute Gasteiger partial charge is 0.394 e. The van der Waals surface area contributed by atoms with Crippen molar-refractivity contribution < 1.29 is 24.2 Å². The maximum absolute atomic E-state index is 14.7. The lowest BCUT2D eigenvalue weighted by atomic mass is 9.70. The summed E-state index contributed by atoms with van der Waals surface area (Å²) in [5.41, 5.74) is 0.793. The van der Waals surface area contributed by atoms with Gasteiger partial charge in [0.15, 0.2) is 0 Å². The van der Waals surface area contributed by atoms with Crippen molar-refractivity contribution in [1.82, 2.24) is 14.7 Å². The van der Waals surface area contributed by atoms with Crippen LogP contribution in [0.3, 0.4) is 0 Å². The van der Waals surface area contributed by atoms with E-state index in [2.05, 4.69) is 20.1 Å². The molecule has 8 heteroatoms. The Labute approximate surface area is 261 Å². The lowest BCUT2D eigenvalue weighted by Crippen LogP contribution is -2.59. The van der Waals surface area contributed by atoms with Gasteiger partial charge in [-0.05, 0) is 36.8 Å². The fourth-order valence-corrected chi connectivity index (χ4v) is 7.55. The van der Waals surface area contributed by atoms with Crippen molar-refractivity contribution in [3.63, 3.8) is 0 Å². The number of carbonyl (C=O) groups excluding carboxylic acids is 3. The number of hydrogen-bond donors (Lipinski definition) is 1. The monoisotopic (exact) mass is 599 g/mol. The predicted molar refractivity (Wildman–Crippen MR) is 169 cm³/mol. The van der Waals surface area contributed by atoms with Gasteiger partial charge in [-0.15, -0.1) is 13.2 Å². The molecule has 0 saturated carbocycles. The first-order chi connectivity index (χ1) is 21.4. The summed E-state index contributed by atoms with van der Waals surface area (Å²) < 4.78 is 6.72. The lowest BCUT2D eigenvalue weighted by molar-refractivity contribution is -0.152. The van der Waals surface area contributed by atoms with Crippen LogP contribution in [-0.2, 0) is 32.1 Å². The molecule has 0 aromatic heterocycles. The highest BCUT2D eigenvalue weighted by atomic mass is 16.5. The SMILES string of the molecule is C=CCN(CCCC)C(=O)C1N([C@@H](CO)Cc2ccccc2)C(=O)[C@@H]2[C@@H](C(=O)N(CC=C)Cc3ccccc3)[C@H]3CCC12O3. The first-order valence-corrected chi connectivity index (χ1v) is 15.9. The van der Waals surface area contributed by atoms with Gasteiger partial charge in [0.1, 0.15) is 11.6 Å². The van der Waals surface area contributed by atoms with E-state index >= 15 is 0 Å². The van der Waals surface area contributed by atoms with Gasteiger partial charge in [0.2, 0.25) is 17.7 Å². The molecule has 3 saturated heterocycles. The number of likely N-dealkylation sites (tertiary alicyclic amines) is 1. The van der Waals surface area contributed by atoms with Gasteiger partial charge in [-0.3, -0.25) is 14.4 Å². The minimum absolute atomic E-state index is 0.163. The van der Waals surface area contributed by atoms with Gasteiger partial charge in [-0.2, -0.15) is 0 Å². The Morgan fingerprint density at radius 1 is 1.02 bits per heavy atom. The molecule has 0 radical (unpaired) electrons.